The number of carbonyl (C=O) groups is 2. The molecule has 0 atom stereocenters. The summed E-state index contributed by atoms with van der Waals surface area (Å²) in [6.07, 6.45) is -6.82. The molecule has 4 N–H and O–H groups in total. The summed E-state index contributed by atoms with van der Waals surface area (Å²) in [5, 5.41) is 12.2. The topological polar surface area (TPSA) is 185 Å². The average Bonchev–Trinajstić information content (AvgIpc) is 4.13. The van der Waals surface area contributed by atoms with Gasteiger partial charge in [0.2, 0.25) is 0 Å². The van der Waals surface area contributed by atoms with Crippen molar-refractivity contribution in [2.75, 3.05) is 40.4 Å². The van der Waals surface area contributed by atoms with E-state index in [0.717, 1.165) is 40.4 Å². The molecule has 15 nitrogen and oxygen atoms in total. The minimum atomic E-state index is -4.73. The molecular weight excluding hydrogens is 1090 g/mol. The predicted octanol–water partition coefficient (Wildman–Crippen LogP) is 9.18. The molecule has 0 aliphatic carbocycles. The summed E-state index contributed by atoms with van der Waals surface area (Å²) >= 11 is 2.24. The Morgan fingerprint density at radius 1 is 0.545 bits per heavy atom. The largest absolute Gasteiger partial charge is 0.573 e. The third kappa shape index (κ3) is 16.7. The number of methoxy groups -OCH3 is 2. The Morgan fingerprint density at radius 2 is 0.987 bits per heavy atom. The van der Waals surface area contributed by atoms with Crippen LogP contribution in [0.1, 0.15) is 72.8 Å². The third-order valence-electron chi connectivity index (χ3n) is 12.5. The monoisotopic (exact) mass is 1150 g/mol. The molecule has 2 amide bonds. The third-order valence-corrected chi connectivity index (χ3v) is 19.4. The minimum absolute atomic E-state index is 0.00159. The van der Waals surface area contributed by atoms with Crippen LogP contribution in [-0.4, -0.2) is 96.1 Å². The molecule has 25 heteroatoms. The molecule has 0 spiro atoms. The molecule has 414 valence electrons. The molecule has 0 radical (unpaired) electrons. The number of piperidine rings is 2. The van der Waals surface area contributed by atoms with Gasteiger partial charge in [0.1, 0.15) is 25.7 Å². The van der Waals surface area contributed by atoms with E-state index in [-0.39, 0.29) is 57.7 Å². The van der Waals surface area contributed by atoms with Crippen molar-refractivity contribution in [3.63, 3.8) is 0 Å². The van der Waals surface area contributed by atoms with Gasteiger partial charge in [-0.2, -0.15) is 21.8 Å². The van der Waals surface area contributed by atoms with Crippen molar-refractivity contribution in [1.29, 1.82) is 0 Å². The zero-order valence-corrected chi connectivity index (χ0v) is 44.9. The van der Waals surface area contributed by atoms with Gasteiger partial charge >= 0.3 is 12.5 Å². The van der Waals surface area contributed by atoms with E-state index in [1.165, 1.54) is 41.0 Å². The number of hydrogen-bond donors (Lipinski definition) is 4. The van der Waals surface area contributed by atoms with E-state index in [9.17, 15) is 52.8 Å². The molecule has 77 heavy (non-hydrogen) atoms. The van der Waals surface area contributed by atoms with Crippen molar-refractivity contribution >= 4 is 54.5 Å². The Hall–Kier alpha value is -6.06. The number of ether oxygens (including phenoxy) is 3. The number of thiophene rings is 2. The van der Waals surface area contributed by atoms with Crippen LogP contribution in [0.3, 0.4) is 0 Å². The average molecular weight is 1150 g/mol. The Balaban J connectivity index is 0.000000224. The van der Waals surface area contributed by atoms with Gasteiger partial charge in [0.15, 0.2) is 0 Å². The fourth-order valence-electron chi connectivity index (χ4n) is 8.30. The van der Waals surface area contributed by atoms with Gasteiger partial charge in [0, 0.05) is 72.2 Å². The Labute approximate surface area is 450 Å². The first-order chi connectivity index (χ1) is 36.6. The SMILES string of the molecule is COc1cccc(C(=O)NCc2ccc(S(=O)(=O)N3CCC(NCc4ccc(OC(F)(F)F)cc4)CC3)s2)c1.COc1cccc(C(=O)NCc2ccc(S(=O)(=O)N3CCC(NCc4cccc(C(F)(F)F)c4)CC3)s2)c1. The quantitative estimate of drug-likeness (QED) is 0.0567. The number of alkyl halides is 6. The molecule has 2 aliphatic heterocycles. The lowest BCUT2D eigenvalue weighted by molar-refractivity contribution is -0.274. The molecule has 2 fully saturated rings. The number of amides is 2. The highest BCUT2D eigenvalue weighted by Gasteiger charge is 2.34. The fraction of sp³-hybridized carbons (Fsp3) is 0.346. The minimum Gasteiger partial charge on any atom is -0.497 e. The lowest BCUT2D eigenvalue weighted by Gasteiger charge is -2.31. The van der Waals surface area contributed by atoms with Crippen LogP contribution in [0.5, 0.6) is 17.2 Å². The lowest BCUT2D eigenvalue weighted by atomic mass is 10.1. The van der Waals surface area contributed by atoms with Crippen LogP contribution in [0, 0.1) is 0 Å². The fourth-order valence-corrected chi connectivity index (χ4v) is 14.1. The summed E-state index contributed by atoms with van der Waals surface area (Å²) < 4.78 is 146. The van der Waals surface area contributed by atoms with E-state index < -0.39 is 38.1 Å². The van der Waals surface area contributed by atoms with E-state index in [2.05, 4.69) is 26.0 Å². The van der Waals surface area contributed by atoms with E-state index in [1.807, 2.05) is 0 Å². The van der Waals surface area contributed by atoms with Crippen molar-refractivity contribution in [2.24, 2.45) is 0 Å². The highest BCUT2D eigenvalue weighted by atomic mass is 32.3. The molecule has 0 saturated carbocycles. The van der Waals surface area contributed by atoms with Gasteiger partial charge in [-0.1, -0.05) is 42.5 Å². The maximum Gasteiger partial charge on any atom is 0.573 e. The van der Waals surface area contributed by atoms with Crippen LogP contribution in [0.2, 0.25) is 0 Å². The van der Waals surface area contributed by atoms with Gasteiger partial charge in [0.25, 0.3) is 31.9 Å². The van der Waals surface area contributed by atoms with E-state index in [0.29, 0.717) is 96.4 Å². The number of benzene rings is 4. The summed E-state index contributed by atoms with van der Waals surface area (Å²) in [6.45, 7) is 2.42. The summed E-state index contributed by atoms with van der Waals surface area (Å²) in [4.78, 5) is 26.3. The summed E-state index contributed by atoms with van der Waals surface area (Å²) in [5.41, 5.74) is 1.53. The second-order valence-electron chi connectivity index (χ2n) is 17.8. The molecule has 2 aromatic heterocycles. The summed E-state index contributed by atoms with van der Waals surface area (Å²) in [5.74, 6) is 0.283. The highest BCUT2D eigenvalue weighted by Crippen LogP contribution is 2.32. The highest BCUT2D eigenvalue weighted by molar-refractivity contribution is 7.91. The van der Waals surface area contributed by atoms with Crippen LogP contribution >= 0.6 is 22.7 Å². The second kappa shape index (κ2) is 26.1. The Morgan fingerprint density at radius 3 is 1.42 bits per heavy atom. The van der Waals surface area contributed by atoms with Crippen LogP contribution in [0.25, 0.3) is 0 Å². The first-order valence-corrected chi connectivity index (χ1v) is 28.6. The summed E-state index contributed by atoms with van der Waals surface area (Å²) in [7, 11) is -4.31. The molecule has 4 heterocycles. The van der Waals surface area contributed by atoms with E-state index >= 15 is 0 Å². The standard InChI is InChI=1S/C26H28F3N3O5S2.C26H28F3N3O4S2/c1-36-22-4-2-3-19(15-22)25(33)31-17-23-9-10-24(38-23)39(34,35)32-13-11-20(12-14-32)30-16-18-5-7-21(8-6-18)37-26(27,28)29;1-36-22-7-3-5-19(15-22)25(33)31-17-23-8-9-24(37-23)38(34,35)32-12-10-21(11-13-32)30-16-18-4-2-6-20(14-18)26(27,28)29/h2-10,15,20,30H,11-14,16-17H2,1H3,(H,31,33);2-9,14-15,21,30H,10-13,16-17H2,1H3,(H,31,33). The van der Waals surface area contributed by atoms with Gasteiger partial charge in [-0.15, -0.1) is 35.8 Å². The van der Waals surface area contributed by atoms with Crippen LogP contribution in [-0.2, 0) is 52.4 Å². The van der Waals surface area contributed by atoms with Crippen molar-refractivity contribution in [2.45, 2.75) is 84.9 Å². The molecular formula is C52H56F6N6O9S4. The van der Waals surface area contributed by atoms with Gasteiger partial charge in [-0.3, -0.25) is 9.59 Å². The van der Waals surface area contributed by atoms with Gasteiger partial charge < -0.3 is 35.5 Å². The van der Waals surface area contributed by atoms with Gasteiger partial charge in [-0.25, -0.2) is 16.8 Å². The number of hydrogen-bond acceptors (Lipinski definition) is 13. The smallest absolute Gasteiger partial charge is 0.497 e. The molecule has 8 rings (SSSR count). The number of carbonyl (C=O) groups excluding carboxylic acids is 2. The first kappa shape index (κ1) is 58.6. The number of rotatable bonds is 19. The molecule has 0 bridgehead atoms. The normalized spacial score (nSPS) is 15.3. The zero-order chi connectivity index (χ0) is 55.4. The molecule has 0 unspecified atom stereocenters. The van der Waals surface area contributed by atoms with Crippen LogP contribution < -0.4 is 35.5 Å². The number of sulfonamides is 2. The maximum absolute atomic E-state index is 13.2. The van der Waals surface area contributed by atoms with Crippen molar-refractivity contribution < 1.29 is 67.0 Å². The first-order valence-electron chi connectivity index (χ1n) is 24.1. The van der Waals surface area contributed by atoms with E-state index in [4.69, 9.17) is 9.47 Å². The van der Waals surface area contributed by atoms with E-state index in [1.54, 1.807) is 91.0 Å². The van der Waals surface area contributed by atoms with Gasteiger partial charge in [0.05, 0.1) is 32.9 Å². The second-order valence-corrected chi connectivity index (χ2v) is 24.4. The maximum atomic E-state index is 13.2. The van der Waals surface area contributed by atoms with Gasteiger partial charge in [-0.05, 0) is 116 Å². The van der Waals surface area contributed by atoms with Crippen molar-refractivity contribution in [3.8, 4) is 17.2 Å². The van der Waals surface area contributed by atoms with Crippen LogP contribution in [0.4, 0.5) is 26.3 Å². The van der Waals surface area contributed by atoms with Crippen molar-refractivity contribution in [1.82, 2.24) is 29.9 Å². The predicted molar refractivity (Wildman–Crippen MR) is 279 cm³/mol. The molecule has 2 saturated heterocycles. The number of halogens is 6. The Bertz CT molecular complexity index is 3160. The molecule has 2 aliphatic rings. The molecule has 4 aromatic carbocycles. The zero-order valence-electron chi connectivity index (χ0n) is 41.7. The lowest BCUT2D eigenvalue weighted by Crippen LogP contribution is -2.44. The number of nitrogens with zero attached hydrogens (tertiary/aromatic N) is 2. The van der Waals surface area contributed by atoms with Crippen LogP contribution in [0.15, 0.2) is 130 Å². The summed E-state index contributed by atoms with van der Waals surface area (Å²) in [6, 6.07) is 30.9. The van der Waals surface area contributed by atoms with Crippen molar-refractivity contribution in [3.05, 3.63) is 159 Å². The molecule has 6 aromatic rings. The number of nitrogens with one attached hydrogen (secondary N) is 4. The Kier molecular flexibility index (Phi) is 19.8.